The summed E-state index contributed by atoms with van der Waals surface area (Å²) in [4.78, 5) is 13.9. The van der Waals surface area contributed by atoms with Crippen LogP contribution in [0.4, 0.5) is 0 Å². The van der Waals surface area contributed by atoms with Gasteiger partial charge in [0.15, 0.2) is 0 Å². The highest BCUT2D eigenvalue weighted by Gasteiger charge is 2.32. The molecule has 2 rings (SSSR count). The van der Waals surface area contributed by atoms with Gasteiger partial charge in [0.1, 0.15) is 6.61 Å². The number of rotatable bonds is 6. The van der Waals surface area contributed by atoms with Crippen LogP contribution in [0.2, 0.25) is 0 Å². The molecule has 3 N–H and O–H groups in total. The van der Waals surface area contributed by atoms with Crippen molar-refractivity contribution in [1.82, 2.24) is 10.2 Å². The number of hydrogen-bond acceptors (Lipinski definition) is 5. The Kier molecular flexibility index (Phi) is 5.37. The van der Waals surface area contributed by atoms with Crippen molar-refractivity contribution in [2.24, 2.45) is 5.73 Å². The third-order valence-electron chi connectivity index (χ3n) is 3.48. The van der Waals surface area contributed by atoms with Gasteiger partial charge in [0, 0.05) is 25.7 Å². The van der Waals surface area contributed by atoms with Gasteiger partial charge in [-0.3, -0.25) is 9.69 Å². The zero-order valence-corrected chi connectivity index (χ0v) is 10.8. The van der Waals surface area contributed by atoms with E-state index in [4.69, 9.17) is 15.2 Å². The minimum absolute atomic E-state index is 0.0796. The molecule has 104 valence electrons. The maximum atomic E-state index is 11.4. The van der Waals surface area contributed by atoms with E-state index in [-0.39, 0.29) is 18.6 Å². The van der Waals surface area contributed by atoms with Crippen molar-refractivity contribution in [3.8, 4) is 0 Å². The zero-order chi connectivity index (χ0) is 12.8. The molecule has 1 amide bonds. The molecule has 0 spiro atoms. The molecule has 18 heavy (non-hydrogen) atoms. The summed E-state index contributed by atoms with van der Waals surface area (Å²) in [6.07, 6.45) is 2.62. The lowest BCUT2D eigenvalue weighted by molar-refractivity contribution is -0.127. The van der Waals surface area contributed by atoms with E-state index in [2.05, 4.69) is 10.2 Å². The first-order chi connectivity index (χ1) is 8.79. The maximum absolute atomic E-state index is 11.4. The first kappa shape index (κ1) is 13.7. The molecular formula is C12H23N3O3. The predicted molar refractivity (Wildman–Crippen MR) is 67.2 cm³/mol. The van der Waals surface area contributed by atoms with Crippen LogP contribution in [0.25, 0.3) is 0 Å². The van der Waals surface area contributed by atoms with Crippen LogP contribution in [0.3, 0.4) is 0 Å². The van der Waals surface area contributed by atoms with Gasteiger partial charge in [0.05, 0.1) is 19.3 Å². The summed E-state index contributed by atoms with van der Waals surface area (Å²) in [5.74, 6) is -0.101. The Hall–Kier alpha value is -0.690. The largest absolute Gasteiger partial charge is 0.373 e. The van der Waals surface area contributed by atoms with Gasteiger partial charge in [-0.05, 0) is 19.4 Å². The minimum atomic E-state index is -0.101. The molecule has 2 heterocycles. The second-order valence-corrected chi connectivity index (χ2v) is 4.89. The van der Waals surface area contributed by atoms with Gasteiger partial charge in [-0.15, -0.1) is 0 Å². The van der Waals surface area contributed by atoms with Crippen molar-refractivity contribution in [3.63, 3.8) is 0 Å². The summed E-state index contributed by atoms with van der Waals surface area (Å²) >= 11 is 0. The number of carbonyl (C=O) groups excluding carboxylic acids is 1. The summed E-state index contributed by atoms with van der Waals surface area (Å²) in [5, 5.41) is 2.83. The monoisotopic (exact) mass is 257 g/mol. The van der Waals surface area contributed by atoms with E-state index in [1.165, 1.54) is 12.8 Å². The van der Waals surface area contributed by atoms with Crippen molar-refractivity contribution in [2.75, 3.05) is 46.0 Å². The molecule has 6 nitrogen and oxygen atoms in total. The van der Waals surface area contributed by atoms with Gasteiger partial charge in [0.25, 0.3) is 0 Å². The topological polar surface area (TPSA) is 76.8 Å². The summed E-state index contributed by atoms with van der Waals surface area (Å²) < 4.78 is 10.8. The van der Waals surface area contributed by atoms with E-state index >= 15 is 0 Å². The quantitative estimate of drug-likeness (QED) is 0.593. The van der Waals surface area contributed by atoms with Crippen molar-refractivity contribution >= 4 is 5.91 Å². The van der Waals surface area contributed by atoms with E-state index in [9.17, 15) is 4.79 Å². The second-order valence-electron chi connectivity index (χ2n) is 4.89. The van der Waals surface area contributed by atoms with Crippen molar-refractivity contribution in [1.29, 1.82) is 0 Å². The number of fused-ring (bicyclic) bond motifs is 1. The molecule has 2 unspecified atom stereocenters. The number of hydrogen-bond donors (Lipinski definition) is 2. The highest BCUT2D eigenvalue weighted by atomic mass is 16.5. The van der Waals surface area contributed by atoms with Crippen LogP contribution in [0.1, 0.15) is 12.8 Å². The van der Waals surface area contributed by atoms with Crippen molar-refractivity contribution in [2.45, 2.75) is 25.0 Å². The molecule has 2 fully saturated rings. The normalized spacial score (nSPS) is 28.1. The highest BCUT2D eigenvalue weighted by Crippen LogP contribution is 2.22. The van der Waals surface area contributed by atoms with E-state index < -0.39 is 0 Å². The van der Waals surface area contributed by atoms with Gasteiger partial charge in [-0.2, -0.15) is 0 Å². The summed E-state index contributed by atoms with van der Waals surface area (Å²) in [7, 11) is 0. The molecule has 0 saturated carbocycles. The zero-order valence-electron chi connectivity index (χ0n) is 10.8. The van der Waals surface area contributed by atoms with Crippen molar-refractivity contribution in [3.05, 3.63) is 0 Å². The molecular weight excluding hydrogens is 234 g/mol. The highest BCUT2D eigenvalue weighted by molar-refractivity contribution is 5.77. The lowest BCUT2D eigenvalue weighted by Crippen LogP contribution is -2.50. The van der Waals surface area contributed by atoms with Crippen LogP contribution in [0.15, 0.2) is 0 Å². The lowest BCUT2D eigenvalue weighted by atomic mass is 10.2. The van der Waals surface area contributed by atoms with Gasteiger partial charge in [-0.1, -0.05) is 0 Å². The Labute approximate surface area is 108 Å². The number of nitrogens with one attached hydrogen (secondary N) is 1. The number of nitrogens with two attached hydrogens (primary N) is 1. The van der Waals surface area contributed by atoms with E-state index in [1.807, 2.05) is 0 Å². The van der Waals surface area contributed by atoms with Crippen LogP contribution < -0.4 is 11.1 Å². The molecule has 0 radical (unpaired) electrons. The minimum Gasteiger partial charge on any atom is -0.373 e. The van der Waals surface area contributed by atoms with Crippen LogP contribution >= 0.6 is 0 Å². The Morgan fingerprint density at radius 3 is 3.28 bits per heavy atom. The Bertz CT molecular complexity index is 275. The predicted octanol–water partition coefficient (Wildman–Crippen LogP) is -1.06. The summed E-state index contributed by atoms with van der Waals surface area (Å²) in [6.45, 7) is 4.39. The molecule has 2 atom stereocenters. The first-order valence-corrected chi connectivity index (χ1v) is 6.69. The van der Waals surface area contributed by atoms with Crippen LogP contribution in [0.5, 0.6) is 0 Å². The Morgan fingerprint density at radius 1 is 1.56 bits per heavy atom. The Morgan fingerprint density at radius 2 is 2.44 bits per heavy atom. The summed E-state index contributed by atoms with van der Waals surface area (Å²) in [6, 6.07) is 0.602. The SMILES string of the molecule is NCCOCC(=O)NCC1CN2CCCC2CO1. The average Bonchev–Trinajstić information content (AvgIpc) is 2.84. The first-order valence-electron chi connectivity index (χ1n) is 6.69. The smallest absolute Gasteiger partial charge is 0.246 e. The van der Waals surface area contributed by atoms with Gasteiger partial charge >= 0.3 is 0 Å². The molecule has 2 saturated heterocycles. The maximum Gasteiger partial charge on any atom is 0.246 e. The number of morpholine rings is 1. The number of ether oxygens (including phenoxy) is 2. The molecule has 0 aliphatic carbocycles. The fourth-order valence-electron chi connectivity index (χ4n) is 2.54. The third kappa shape index (κ3) is 3.91. The second kappa shape index (κ2) is 7.04. The summed E-state index contributed by atoms with van der Waals surface area (Å²) in [5.41, 5.74) is 5.27. The standard InChI is InChI=1S/C12H23N3O3/c13-3-5-17-9-12(16)14-6-11-7-15-4-1-2-10(15)8-18-11/h10-11H,1-9,13H2,(H,14,16). The van der Waals surface area contributed by atoms with Crippen molar-refractivity contribution < 1.29 is 14.3 Å². The molecule has 0 aromatic rings. The molecule has 0 bridgehead atoms. The third-order valence-corrected chi connectivity index (χ3v) is 3.48. The van der Waals surface area contributed by atoms with Crippen LogP contribution in [-0.4, -0.2) is 69.0 Å². The van der Waals surface area contributed by atoms with Crippen LogP contribution in [-0.2, 0) is 14.3 Å². The fraction of sp³-hybridized carbons (Fsp3) is 0.917. The fourth-order valence-corrected chi connectivity index (χ4v) is 2.54. The Balaban J connectivity index is 1.60. The van der Waals surface area contributed by atoms with E-state index in [0.717, 1.165) is 19.7 Å². The van der Waals surface area contributed by atoms with Crippen LogP contribution in [0, 0.1) is 0 Å². The van der Waals surface area contributed by atoms with E-state index in [1.54, 1.807) is 0 Å². The average molecular weight is 257 g/mol. The molecule has 0 aromatic carbocycles. The molecule has 2 aliphatic heterocycles. The molecule has 6 heteroatoms. The van der Waals surface area contributed by atoms with Gasteiger partial charge < -0.3 is 20.5 Å². The molecule has 0 aromatic heterocycles. The lowest BCUT2D eigenvalue weighted by Gasteiger charge is -2.35. The number of nitrogens with zero attached hydrogens (tertiary/aromatic N) is 1. The van der Waals surface area contributed by atoms with E-state index in [0.29, 0.717) is 25.7 Å². The van der Waals surface area contributed by atoms with Gasteiger partial charge in [-0.25, -0.2) is 0 Å². The van der Waals surface area contributed by atoms with Gasteiger partial charge in [0.2, 0.25) is 5.91 Å². The molecule has 2 aliphatic rings. The number of carbonyl (C=O) groups is 1. The number of amides is 1.